The van der Waals surface area contributed by atoms with E-state index in [0.717, 1.165) is 23.2 Å². The highest BCUT2D eigenvalue weighted by Gasteiger charge is 2.37. The first-order chi connectivity index (χ1) is 40.6. The molecule has 0 spiro atoms. The van der Waals surface area contributed by atoms with Crippen LogP contribution in [0, 0.1) is 5.92 Å². The lowest BCUT2D eigenvalue weighted by Gasteiger charge is -2.39. The van der Waals surface area contributed by atoms with Gasteiger partial charge in [-0.05, 0) is 73.9 Å². The number of ether oxygens (including phenoxy) is 2. The van der Waals surface area contributed by atoms with E-state index >= 15 is 0 Å². The lowest BCUT2D eigenvalue weighted by molar-refractivity contribution is -0.138. The predicted molar refractivity (Wildman–Crippen MR) is 317 cm³/mol. The number of allylic oxidation sites excluding steroid dienone is 1. The molecule has 8 heterocycles. The van der Waals surface area contributed by atoms with Gasteiger partial charge in [-0.1, -0.05) is 11.6 Å². The number of likely N-dealkylation sites (tertiary alicyclic amines) is 1. The normalized spacial score (nSPS) is 17.4. The molecule has 0 bridgehead atoms. The van der Waals surface area contributed by atoms with Crippen LogP contribution in [0.1, 0.15) is 78.9 Å². The molecule has 0 unspecified atom stereocenters. The minimum atomic E-state index is -2.76. The molecule has 0 radical (unpaired) electrons. The monoisotopic (exact) mass is 1180 g/mol. The number of anilines is 5. The molecule has 3 saturated heterocycles. The number of aromatic nitrogens is 5. The van der Waals surface area contributed by atoms with Gasteiger partial charge in [-0.15, -0.1) is 0 Å². The van der Waals surface area contributed by atoms with Crippen molar-refractivity contribution in [3.05, 3.63) is 86.1 Å². The van der Waals surface area contributed by atoms with Crippen LogP contribution in [0.25, 0.3) is 16.5 Å². The summed E-state index contributed by atoms with van der Waals surface area (Å²) < 4.78 is 44.3. The number of fused-ring (bicyclic) bond motifs is 3. The molecule has 5 aromatic rings. The summed E-state index contributed by atoms with van der Waals surface area (Å²) in [5.74, 6) is 1.62. The summed E-state index contributed by atoms with van der Waals surface area (Å²) in [5, 5.41) is 14.7. The minimum absolute atomic E-state index is 0.00528. The van der Waals surface area contributed by atoms with E-state index in [4.69, 9.17) is 36.9 Å². The molecule has 3 fully saturated rings. The molecular formula is C58H73ClF2N16O7. The van der Waals surface area contributed by atoms with Crippen molar-refractivity contribution >= 4 is 87.0 Å². The van der Waals surface area contributed by atoms with E-state index in [1.165, 1.54) is 37.3 Å². The number of methoxy groups -OCH3 is 1. The quantitative estimate of drug-likeness (QED) is 0.0906. The van der Waals surface area contributed by atoms with Crippen LogP contribution < -0.4 is 46.5 Å². The Hall–Kier alpha value is -8.06. The molecule has 26 heteroatoms. The molecule has 0 saturated carbocycles. The van der Waals surface area contributed by atoms with Crippen LogP contribution in [-0.4, -0.2) is 181 Å². The second kappa shape index (κ2) is 25.8. The largest absolute Gasteiger partial charge is 0.494 e. The first-order valence-electron chi connectivity index (χ1n) is 28.6. The van der Waals surface area contributed by atoms with E-state index < -0.39 is 12.0 Å². The van der Waals surface area contributed by atoms with Crippen LogP contribution in [0.2, 0.25) is 5.02 Å². The lowest BCUT2D eigenvalue weighted by atomic mass is 9.92. The number of hydrogen-bond donors (Lipinski definition) is 4. The molecular weight excluding hydrogens is 1110 g/mol. The fraction of sp³-hybridized carbons (Fsp3) is 0.500. The molecule has 2 aromatic carbocycles. The van der Waals surface area contributed by atoms with Gasteiger partial charge in [-0.3, -0.25) is 33.8 Å². The topological polar surface area (TPSA) is 246 Å². The van der Waals surface area contributed by atoms with E-state index in [9.17, 15) is 32.8 Å². The van der Waals surface area contributed by atoms with Crippen LogP contribution in [0.3, 0.4) is 0 Å². The first kappa shape index (κ1) is 59.1. The first-order valence-corrected chi connectivity index (χ1v) is 29.0. The molecule has 5 amide bonds. The number of nitrogens with one attached hydrogen (secondary N) is 3. The molecule has 84 heavy (non-hydrogen) atoms. The van der Waals surface area contributed by atoms with Gasteiger partial charge in [0.2, 0.25) is 17.8 Å². The Morgan fingerprint density at radius 3 is 2.36 bits per heavy atom. The number of piperidine rings is 2. The van der Waals surface area contributed by atoms with E-state index in [1.807, 2.05) is 19.6 Å². The van der Waals surface area contributed by atoms with Gasteiger partial charge in [-0.2, -0.15) is 10.1 Å². The number of nitrogens with zero attached hydrogens (tertiary/aromatic N) is 12. The molecule has 10 rings (SSSR count). The van der Waals surface area contributed by atoms with Crippen LogP contribution in [0.5, 0.6) is 11.5 Å². The highest BCUT2D eigenvalue weighted by Crippen LogP contribution is 2.43. The van der Waals surface area contributed by atoms with Crippen molar-refractivity contribution in [2.45, 2.75) is 70.4 Å². The summed E-state index contributed by atoms with van der Waals surface area (Å²) in [6, 6.07) is 8.27. The zero-order chi connectivity index (χ0) is 59.3. The Kier molecular flexibility index (Phi) is 18.2. The maximum Gasteiger partial charge on any atom is 0.317 e. The predicted octanol–water partition coefficient (Wildman–Crippen LogP) is 5.39. The second-order valence-electron chi connectivity index (χ2n) is 21.8. The van der Waals surface area contributed by atoms with Crippen molar-refractivity contribution < 1.29 is 37.4 Å². The van der Waals surface area contributed by atoms with Crippen molar-refractivity contribution in [1.82, 2.24) is 54.5 Å². The van der Waals surface area contributed by atoms with Crippen molar-refractivity contribution in [2.24, 2.45) is 23.7 Å². The van der Waals surface area contributed by atoms with Gasteiger partial charge in [-0.25, -0.2) is 18.6 Å². The molecule has 5 aliphatic rings. The number of benzene rings is 2. The van der Waals surface area contributed by atoms with Gasteiger partial charge >= 0.3 is 6.03 Å². The fourth-order valence-electron chi connectivity index (χ4n) is 12.3. The summed E-state index contributed by atoms with van der Waals surface area (Å²) in [4.78, 5) is 91.0. The Labute approximate surface area is 490 Å². The smallest absolute Gasteiger partial charge is 0.317 e. The summed E-state index contributed by atoms with van der Waals surface area (Å²) in [5.41, 5.74) is 10.7. The average Bonchev–Trinajstić information content (AvgIpc) is 2.82. The van der Waals surface area contributed by atoms with Gasteiger partial charge in [0.25, 0.3) is 17.9 Å². The molecule has 5 N–H and O–H groups in total. The van der Waals surface area contributed by atoms with Gasteiger partial charge in [0.1, 0.15) is 10.8 Å². The standard InChI is InChI=1S/C58H73ClF2N16O7/c1-63-31-38(30-62)41-26-36-7-6-14-76(46(36)29-42(41)52(60)61)54-43-33-75(58(82)65-3)20-12-45(43)77(69-54)40-10-18-72(19-11-40)50(79)13-15-71-21-23-73(24-22-71)55(80)35-8-16-74(17-9-35)57-66-32-44(59)53(68-57)67-39-25-37-27-48(84-34-49(78)64-2)56(81)70(4)51(37)47(28-39)83-5/h25-32,35,40,52H,6-24,33-34,62H2,1-5H3,(H,64,78)(H,65,82)(H,66,67,68). The third kappa shape index (κ3) is 12.3. The van der Waals surface area contributed by atoms with Gasteiger partial charge < -0.3 is 60.2 Å². The number of nitrogens with two attached hydrogens (primary N) is 1. The molecule has 3 aromatic heterocycles. The second-order valence-corrected chi connectivity index (χ2v) is 22.2. The van der Waals surface area contributed by atoms with Gasteiger partial charge in [0, 0.05) is 177 Å². The summed E-state index contributed by atoms with van der Waals surface area (Å²) in [6.07, 6.45) is 6.64. The third-order valence-electron chi connectivity index (χ3n) is 16.9. The average molecular weight is 1180 g/mol. The van der Waals surface area contributed by atoms with E-state index in [-0.39, 0.29) is 58.7 Å². The van der Waals surface area contributed by atoms with Gasteiger partial charge in [0.15, 0.2) is 24.0 Å². The number of pyridine rings is 1. The Morgan fingerprint density at radius 1 is 0.905 bits per heavy atom. The van der Waals surface area contributed by atoms with Crippen LogP contribution in [0.15, 0.2) is 52.5 Å². The Balaban J connectivity index is 0.713. The molecule has 0 aliphatic carbocycles. The highest BCUT2D eigenvalue weighted by molar-refractivity contribution is 6.33. The van der Waals surface area contributed by atoms with Crippen LogP contribution in [0.4, 0.5) is 42.5 Å². The van der Waals surface area contributed by atoms with Gasteiger partial charge in [0.05, 0.1) is 31.4 Å². The summed E-state index contributed by atoms with van der Waals surface area (Å²) in [7, 11) is 7.77. The zero-order valence-electron chi connectivity index (χ0n) is 48.1. The van der Waals surface area contributed by atoms with E-state index in [2.05, 4.69) is 35.5 Å². The minimum Gasteiger partial charge on any atom is -0.494 e. The lowest BCUT2D eigenvalue weighted by Crippen LogP contribution is -2.52. The summed E-state index contributed by atoms with van der Waals surface area (Å²) in [6.45, 7) is 6.49. The highest BCUT2D eigenvalue weighted by atomic mass is 35.5. The van der Waals surface area contributed by atoms with Crippen LogP contribution >= 0.6 is 11.6 Å². The molecule has 5 aliphatic heterocycles. The number of halogens is 3. The van der Waals surface area contributed by atoms with Crippen molar-refractivity contribution in [3.8, 4) is 11.5 Å². The number of carbonyl (C=O) groups excluding carboxylic acids is 4. The number of urea groups is 1. The number of rotatable bonds is 16. The van der Waals surface area contributed by atoms with Crippen molar-refractivity contribution in [3.63, 3.8) is 0 Å². The van der Waals surface area contributed by atoms with E-state index in [0.29, 0.717) is 180 Å². The van der Waals surface area contributed by atoms with Crippen molar-refractivity contribution in [2.75, 3.05) is 122 Å². The Morgan fingerprint density at radius 2 is 1.67 bits per heavy atom. The number of amides is 5. The number of piperazine rings is 1. The SMILES string of the molecule is CN=CC(=CN)c1cc2c(cc1C(F)F)N(c1nn(C3CCN(C(=O)CCN4CCN(C(=O)C5CCN(c6ncc(Cl)c(Nc7cc(OC)c8c(c7)cc(OCC(=O)NC)c(=O)n8C)n6)CC5)CC4)CC3)c3c1CN(C(=O)NC)CC3)CCC2. The zero-order valence-corrected chi connectivity index (χ0v) is 48.9. The third-order valence-corrected chi connectivity index (χ3v) is 17.2. The van der Waals surface area contributed by atoms with Crippen molar-refractivity contribution in [1.29, 1.82) is 0 Å². The molecule has 448 valence electrons. The molecule has 0 atom stereocenters. The Bertz CT molecular complexity index is 3420. The summed E-state index contributed by atoms with van der Waals surface area (Å²) >= 11 is 6.63. The van der Waals surface area contributed by atoms with E-state index in [1.54, 1.807) is 56.4 Å². The number of alkyl halides is 2. The maximum absolute atomic E-state index is 14.8. The number of likely N-dealkylation sites (N-methyl/N-ethyl adjacent to an activating group) is 1. The fourth-order valence-corrected chi connectivity index (χ4v) is 12.5. The molecule has 23 nitrogen and oxygen atoms in total. The van der Waals surface area contributed by atoms with Crippen LogP contribution in [-0.2, 0) is 40.8 Å². The number of hydrogen-bond acceptors (Lipinski definition) is 16. The number of carbonyl (C=O) groups is 4. The number of aliphatic imine (C=N–C) groups is 1. The maximum atomic E-state index is 14.8. The number of aryl methyl sites for hydroxylation is 2.